The van der Waals surface area contributed by atoms with Crippen molar-refractivity contribution in [2.75, 3.05) is 6.61 Å². The molecular weight excluding hydrogens is 122 g/mol. The van der Waals surface area contributed by atoms with Gasteiger partial charge in [0.15, 0.2) is 0 Å². The normalized spacial score (nSPS) is 40.7. The Hall–Kier alpha value is -0.610. The van der Waals surface area contributed by atoms with Crippen LogP contribution in [-0.4, -0.2) is 24.7 Å². The smallest absolute Gasteiger partial charge is 0.308 e. The highest BCUT2D eigenvalue weighted by Crippen LogP contribution is 2.18. The standard InChI is InChI=1S/C5H7NO3/c7-5-1-3-4(9-5)2-8-6-3/h3-4,6H,1-2H2/t3-,4-/m0/s1. The summed E-state index contributed by atoms with van der Waals surface area (Å²) in [4.78, 5) is 15.4. The molecule has 0 aliphatic carbocycles. The Bertz CT molecular complexity index is 133. The molecule has 2 aliphatic heterocycles. The molecule has 0 aromatic heterocycles. The lowest BCUT2D eigenvalue weighted by atomic mass is 10.2. The number of ether oxygens (including phenoxy) is 1. The summed E-state index contributed by atoms with van der Waals surface area (Å²) in [6.45, 7) is 0.496. The van der Waals surface area contributed by atoms with Crippen LogP contribution in [0.2, 0.25) is 0 Å². The fraction of sp³-hybridized carbons (Fsp3) is 0.800. The number of hydrogen-bond acceptors (Lipinski definition) is 4. The molecule has 4 nitrogen and oxygen atoms in total. The zero-order valence-corrected chi connectivity index (χ0v) is 4.79. The summed E-state index contributed by atoms with van der Waals surface area (Å²) in [6.07, 6.45) is 0.419. The number of hydrogen-bond donors (Lipinski definition) is 1. The summed E-state index contributed by atoms with van der Waals surface area (Å²) in [5.41, 5.74) is 2.70. The maximum atomic E-state index is 10.5. The Kier molecular flexibility index (Phi) is 0.972. The Morgan fingerprint density at radius 3 is 3.33 bits per heavy atom. The Balaban J connectivity index is 2.09. The van der Waals surface area contributed by atoms with E-state index in [9.17, 15) is 4.79 Å². The summed E-state index contributed by atoms with van der Waals surface area (Å²) in [5.74, 6) is -0.124. The minimum absolute atomic E-state index is 0.0301. The second-order valence-corrected chi connectivity index (χ2v) is 2.27. The van der Waals surface area contributed by atoms with Gasteiger partial charge in [-0.2, -0.15) is 5.48 Å². The fourth-order valence-electron chi connectivity index (χ4n) is 1.12. The van der Waals surface area contributed by atoms with Crippen molar-refractivity contribution in [3.05, 3.63) is 0 Å². The van der Waals surface area contributed by atoms with Gasteiger partial charge in [0.25, 0.3) is 0 Å². The van der Waals surface area contributed by atoms with Crippen LogP contribution in [-0.2, 0) is 14.4 Å². The summed E-state index contributed by atoms with van der Waals surface area (Å²) in [5, 5.41) is 0. The van der Waals surface area contributed by atoms with Gasteiger partial charge in [0, 0.05) is 0 Å². The first-order valence-corrected chi connectivity index (χ1v) is 2.93. The van der Waals surface area contributed by atoms with E-state index in [2.05, 4.69) is 5.48 Å². The van der Waals surface area contributed by atoms with Crippen LogP contribution in [0.5, 0.6) is 0 Å². The van der Waals surface area contributed by atoms with Crippen LogP contribution < -0.4 is 5.48 Å². The van der Waals surface area contributed by atoms with Crippen LogP contribution in [0.1, 0.15) is 6.42 Å². The van der Waals surface area contributed by atoms with Gasteiger partial charge in [0.1, 0.15) is 12.7 Å². The molecule has 0 unspecified atom stereocenters. The van der Waals surface area contributed by atoms with Crippen molar-refractivity contribution in [3.8, 4) is 0 Å². The number of carbonyl (C=O) groups is 1. The van der Waals surface area contributed by atoms with E-state index in [0.29, 0.717) is 13.0 Å². The molecule has 2 atom stereocenters. The molecule has 0 bridgehead atoms. The highest BCUT2D eigenvalue weighted by Gasteiger charge is 2.39. The molecule has 0 spiro atoms. The van der Waals surface area contributed by atoms with Gasteiger partial charge in [-0.15, -0.1) is 0 Å². The molecule has 1 N–H and O–H groups in total. The SMILES string of the molecule is O=C1C[C@@H]2NOC[C@@H]2O1. The maximum Gasteiger partial charge on any atom is 0.308 e. The highest BCUT2D eigenvalue weighted by molar-refractivity contribution is 5.72. The Labute approximate surface area is 52.1 Å². The number of fused-ring (bicyclic) bond motifs is 1. The van der Waals surface area contributed by atoms with Gasteiger partial charge in [-0.3, -0.25) is 9.63 Å². The quantitative estimate of drug-likeness (QED) is 0.435. The molecule has 0 radical (unpaired) electrons. The van der Waals surface area contributed by atoms with Crippen LogP contribution in [0.4, 0.5) is 0 Å². The topological polar surface area (TPSA) is 47.6 Å². The van der Waals surface area contributed by atoms with Crippen LogP contribution in [0, 0.1) is 0 Å². The molecule has 2 fully saturated rings. The largest absolute Gasteiger partial charge is 0.458 e. The van der Waals surface area contributed by atoms with Crippen molar-refractivity contribution in [1.29, 1.82) is 0 Å². The lowest BCUT2D eigenvalue weighted by Gasteiger charge is -1.99. The second-order valence-electron chi connectivity index (χ2n) is 2.27. The van der Waals surface area contributed by atoms with Crippen molar-refractivity contribution >= 4 is 5.97 Å². The van der Waals surface area contributed by atoms with E-state index in [0.717, 1.165) is 0 Å². The van der Waals surface area contributed by atoms with E-state index in [1.165, 1.54) is 0 Å². The Morgan fingerprint density at radius 2 is 2.56 bits per heavy atom. The molecule has 0 aromatic carbocycles. The number of hydroxylamine groups is 1. The third-order valence-electron chi connectivity index (χ3n) is 1.60. The van der Waals surface area contributed by atoms with Gasteiger partial charge in [0.05, 0.1) is 12.5 Å². The summed E-state index contributed by atoms with van der Waals surface area (Å²) in [6, 6.07) is 0.109. The molecule has 50 valence electrons. The highest BCUT2D eigenvalue weighted by atomic mass is 16.7. The van der Waals surface area contributed by atoms with Gasteiger partial charge in [-0.25, -0.2) is 0 Å². The number of nitrogens with one attached hydrogen (secondary N) is 1. The molecule has 2 rings (SSSR count). The summed E-state index contributed by atoms with van der Waals surface area (Å²) >= 11 is 0. The molecular formula is C5H7NO3. The van der Waals surface area contributed by atoms with E-state index in [1.54, 1.807) is 0 Å². The summed E-state index contributed by atoms with van der Waals surface area (Å²) < 4.78 is 4.86. The molecule has 0 aromatic rings. The lowest BCUT2D eigenvalue weighted by Crippen LogP contribution is -2.24. The molecule has 2 heterocycles. The second kappa shape index (κ2) is 1.68. The van der Waals surface area contributed by atoms with Crippen LogP contribution in [0.3, 0.4) is 0 Å². The predicted molar refractivity (Wildman–Crippen MR) is 27.4 cm³/mol. The minimum Gasteiger partial charge on any atom is -0.458 e. The van der Waals surface area contributed by atoms with Gasteiger partial charge in [0.2, 0.25) is 0 Å². The third kappa shape index (κ3) is 0.710. The van der Waals surface area contributed by atoms with Gasteiger partial charge < -0.3 is 4.74 Å². The first-order chi connectivity index (χ1) is 4.36. The Morgan fingerprint density at radius 1 is 1.67 bits per heavy atom. The lowest BCUT2D eigenvalue weighted by molar-refractivity contribution is -0.142. The first-order valence-electron chi connectivity index (χ1n) is 2.93. The van der Waals surface area contributed by atoms with Crippen molar-refractivity contribution in [1.82, 2.24) is 5.48 Å². The average molecular weight is 129 g/mol. The van der Waals surface area contributed by atoms with Gasteiger partial charge >= 0.3 is 5.97 Å². The van der Waals surface area contributed by atoms with E-state index in [-0.39, 0.29) is 18.1 Å². The van der Waals surface area contributed by atoms with E-state index in [4.69, 9.17) is 9.57 Å². The third-order valence-corrected chi connectivity index (χ3v) is 1.60. The molecule has 0 amide bonds. The van der Waals surface area contributed by atoms with Gasteiger partial charge in [-0.05, 0) is 0 Å². The van der Waals surface area contributed by atoms with Crippen molar-refractivity contribution in [3.63, 3.8) is 0 Å². The summed E-state index contributed by atoms with van der Waals surface area (Å²) in [7, 11) is 0. The predicted octanol–water partition coefficient (Wildman–Crippen LogP) is -0.795. The van der Waals surface area contributed by atoms with Crippen LogP contribution in [0.25, 0.3) is 0 Å². The van der Waals surface area contributed by atoms with Crippen molar-refractivity contribution in [2.45, 2.75) is 18.6 Å². The molecule has 2 saturated heterocycles. The maximum absolute atomic E-state index is 10.5. The molecule has 9 heavy (non-hydrogen) atoms. The monoisotopic (exact) mass is 129 g/mol. The zero-order chi connectivity index (χ0) is 6.27. The van der Waals surface area contributed by atoms with E-state index in [1.807, 2.05) is 0 Å². The van der Waals surface area contributed by atoms with Crippen LogP contribution >= 0.6 is 0 Å². The van der Waals surface area contributed by atoms with Gasteiger partial charge in [-0.1, -0.05) is 0 Å². The molecule has 4 heteroatoms. The minimum atomic E-state index is -0.124. The number of rotatable bonds is 0. The van der Waals surface area contributed by atoms with Crippen molar-refractivity contribution < 1.29 is 14.4 Å². The van der Waals surface area contributed by atoms with Crippen molar-refractivity contribution in [2.24, 2.45) is 0 Å². The van der Waals surface area contributed by atoms with Crippen LogP contribution in [0.15, 0.2) is 0 Å². The van der Waals surface area contributed by atoms with E-state index < -0.39 is 0 Å². The number of esters is 1. The fourth-order valence-corrected chi connectivity index (χ4v) is 1.12. The molecule has 0 saturated carbocycles. The van der Waals surface area contributed by atoms with E-state index >= 15 is 0 Å². The molecule has 2 aliphatic rings. The average Bonchev–Trinajstić information content (AvgIpc) is 2.22. The first kappa shape index (κ1) is 5.20. The number of carbonyl (C=O) groups excluding carboxylic acids is 1. The zero-order valence-electron chi connectivity index (χ0n) is 4.79.